The number of amides is 2. The fraction of sp³-hybridized carbons (Fsp3) is 0.429. The van der Waals surface area contributed by atoms with Gasteiger partial charge in [-0.05, 0) is 99.9 Å². The number of hydrogen-bond acceptors (Lipinski definition) is 5. The van der Waals surface area contributed by atoms with Gasteiger partial charge < -0.3 is 15.1 Å². The van der Waals surface area contributed by atoms with Gasteiger partial charge >= 0.3 is 0 Å². The predicted molar refractivity (Wildman–Crippen MR) is 148 cm³/mol. The molecule has 0 unspecified atom stereocenters. The van der Waals surface area contributed by atoms with Gasteiger partial charge in [-0.2, -0.15) is 0 Å². The minimum absolute atomic E-state index is 0.0281. The third-order valence-corrected chi connectivity index (χ3v) is 8.55. The molecule has 1 aromatic heterocycles. The largest absolute Gasteiger partial charge is 0.425 e. The first-order valence-electron chi connectivity index (χ1n) is 12.9. The van der Waals surface area contributed by atoms with E-state index in [2.05, 4.69) is 52.7 Å². The number of halogens is 2. The van der Waals surface area contributed by atoms with Crippen LogP contribution in [-0.2, 0) is 0 Å². The average molecular weight is 630 g/mol. The Balaban J connectivity index is 1.07. The summed E-state index contributed by atoms with van der Waals surface area (Å²) in [4.78, 5) is 25.1. The first kappa shape index (κ1) is 26.1. The topological polar surface area (TPSA) is 97.1 Å². The van der Waals surface area contributed by atoms with E-state index in [-0.39, 0.29) is 35.7 Å². The lowest BCUT2D eigenvalue weighted by Gasteiger charge is -2.28. The molecule has 0 aliphatic heterocycles. The second kappa shape index (κ2) is 11.9. The van der Waals surface area contributed by atoms with E-state index >= 15 is 0 Å². The fourth-order valence-electron chi connectivity index (χ4n) is 5.29. The molecule has 2 aliphatic rings. The van der Waals surface area contributed by atoms with Crippen LogP contribution in [0.15, 0.2) is 61.9 Å². The smallest absolute Gasteiger partial charge is 0.251 e. The average Bonchev–Trinajstić information content (AvgIpc) is 3.41. The van der Waals surface area contributed by atoms with Gasteiger partial charge in [-0.15, -0.1) is 10.2 Å². The van der Waals surface area contributed by atoms with Gasteiger partial charge in [0.1, 0.15) is 0 Å². The Morgan fingerprint density at radius 2 is 0.973 bits per heavy atom. The van der Waals surface area contributed by atoms with Crippen LogP contribution in [0.3, 0.4) is 0 Å². The van der Waals surface area contributed by atoms with Crippen LogP contribution in [0.4, 0.5) is 0 Å². The summed E-state index contributed by atoms with van der Waals surface area (Å²) in [6.45, 7) is 0. The molecule has 2 saturated carbocycles. The van der Waals surface area contributed by atoms with Gasteiger partial charge in [0.25, 0.3) is 11.8 Å². The van der Waals surface area contributed by atoms with Crippen LogP contribution in [0, 0.1) is 0 Å². The van der Waals surface area contributed by atoms with Crippen LogP contribution in [0.1, 0.15) is 95.7 Å². The van der Waals surface area contributed by atoms with Gasteiger partial charge in [0.2, 0.25) is 11.8 Å². The van der Waals surface area contributed by atoms with Crippen LogP contribution < -0.4 is 10.6 Å². The molecule has 5 rings (SSSR count). The van der Waals surface area contributed by atoms with E-state index in [0.717, 1.165) is 72.1 Å². The minimum atomic E-state index is -0.0281. The second-order valence-electron chi connectivity index (χ2n) is 10.0. The van der Waals surface area contributed by atoms with Crippen LogP contribution in [0.2, 0.25) is 0 Å². The lowest BCUT2D eigenvalue weighted by molar-refractivity contribution is 0.0917. The van der Waals surface area contributed by atoms with E-state index in [1.165, 1.54) is 0 Å². The van der Waals surface area contributed by atoms with Crippen molar-refractivity contribution in [3.8, 4) is 0 Å². The van der Waals surface area contributed by atoms with Gasteiger partial charge in [0.15, 0.2) is 0 Å². The van der Waals surface area contributed by atoms with Crippen LogP contribution >= 0.6 is 31.9 Å². The number of hydrogen-bond donors (Lipinski definition) is 2. The van der Waals surface area contributed by atoms with Crippen molar-refractivity contribution in [3.63, 3.8) is 0 Å². The van der Waals surface area contributed by atoms with E-state index in [4.69, 9.17) is 4.42 Å². The molecule has 9 heteroatoms. The van der Waals surface area contributed by atoms with Crippen molar-refractivity contribution < 1.29 is 14.0 Å². The highest BCUT2D eigenvalue weighted by molar-refractivity contribution is 9.10. The van der Waals surface area contributed by atoms with Gasteiger partial charge in [-0.3, -0.25) is 9.59 Å². The highest BCUT2D eigenvalue weighted by atomic mass is 79.9. The van der Waals surface area contributed by atoms with Crippen molar-refractivity contribution in [2.45, 2.75) is 75.3 Å². The van der Waals surface area contributed by atoms with Crippen molar-refractivity contribution in [3.05, 3.63) is 80.4 Å². The summed E-state index contributed by atoms with van der Waals surface area (Å²) < 4.78 is 8.07. The summed E-state index contributed by atoms with van der Waals surface area (Å²) in [6.07, 6.45) is 7.26. The standard InChI is InChI=1S/C28H30Br2N4O3/c29-21-9-1-17(2-10-21)25(35)31-23-13-5-19(6-14-23)27-33-34-28(37-27)20-7-15-24(16-8-20)32-26(36)18-3-11-22(30)12-4-18/h1-4,9-12,19-20,23-24H,5-8,13-16H2,(H,31,35)(H,32,36). The summed E-state index contributed by atoms with van der Waals surface area (Å²) in [5.41, 5.74) is 1.35. The third kappa shape index (κ3) is 6.68. The SMILES string of the molecule is O=C(NC1CCC(c2nnc(C3CCC(NC(=O)c4ccc(Br)cc4)CC3)o2)CC1)c1ccc(Br)cc1. The molecular formula is C28H30Br2N4O3. The number of carbonyl (C=O) groups excluding carboxylic acids is 2. The third-order valence-electron chi connectivity index (χ3n) is 7.49. The first-order valence-corrected chi connectivity index (χ1v) is 14.5. The summed E-state index contributed by atoms with van der Waals surface area (Å²) >= 11 is 6.80. The molecule has 2 amide bonds. The zero-order valence-electron chi connectivity index (χ0n) is 20.5. The molecule has 0 spiro atoms. The van der Waals surface area contributed by atoms with E-state index in [9.17, 15) is 9.59 Å². The molecule has 1 heterocycles. The van der Waals surface area contributed by atoms with Crippen molar-refractivity contribution in [2.75, 3.05) is 0 Å². The van der Waals surface area contributed by atoms with Crippen molar-refractivity contribution >= 4 is 43.7 Å². The van der Waals surface area contributed by atoms with Crippen molar-refractivity contribution in [2.24, 2.45) is 0 Å². The van der Waals surface area contributed by atoms with E-state index in [1.54, 1.807) is 0 Å². The lowest BCUT2D eigenvalue weighted by atomic mass is 9.85. The molecule has 2 fully saturated rings. The quantitative estimate of drug-likeness (QED) is 0.324. The minimum Gasteiger partial charge on any atom is -0.425 e. The number of aromatic nitrogens is 2. The van der Waals surface area contributed by atoms with Gasteiger partial charge in [-0.1, -0.05) is 31.9 Å². The summed E-state index contributed by atoms with van der Waals surface area (Å²) in [6, 6.07) is 15.2. The maximum atomic E-state index is 12.5. The summed E-state index contributed by atoms with van der Waals surface area (Å²) in [7, 11) is 0. The number of rotatable bonds is 6. The Morgan fingerprint density at radius 1 is 0.622 bits per heavy atom. The Bertz CT molecular complexity index is 1120. The number of carbonyl (C=O) groups is 2. The normalized spacial score (nSPS) is 23.8. The number of nitrogens with zero attached hydrogens (tertiary/aromatic N) is 2. The van der Waals surface area contributed by atoms with E-state index < -0.39 is 0 Å². The molecule has 0 atom stereocenters. The zero-order chi connectivity index (χ0) is 25.8. The number of nitrogens with one attached hydrogen (secondary N) is 2. The fourth-order valence-corrected chi connectivity index (χ4v) is 5.81. The molecule has 0 radical (unpaired) electrons. The molecule has 2 N–H and O–H groups in total. The molecular weight excluding hydrogens is 600 g/mol. The second-order valence-corrected chi connectivity index (χ2v) is 11.9. The van der Waals surface area contributed by atoms with Gasteiger partial charge in [-0.25, -0.2) is 0 Å². The Labute approximate surface area is 233 Å². The van der Waals surface area contributed by atoms with Gasteiger partial charge in [0.05, 0.1) is 0 Å². The molecule has 194 valence electrons. The molecule has 37 heavy (non-hydrogen) atoms. The Morgan fingerprint density at radius 3 is 1.32 bits per heavy atom. The monoisotopic (exact) mass is 628 g/mol. The lowest BCUT2D eigenvalue weighted by Crippen LogP contribution is -2.37. The summed E-state index contributed by atoms with van der Waals surface area (Å²) in [5.74, 6) is 1.86. The molecule has 0 bridgehead atoms. The molecule has 2 aromatic carbocycles. The van der Waals surface area contributed by atoms with Gasteiger partial charge in [0, 0.05) is 44.0 Å². The number of benzene rings is 2. The molecule has 7 nitrogen and oxygen atoms in total. The van der Waals surface area contributed by atoms with E-state index in [0.29, 0.717) is 11.1 Å². The molecule has 0 saturated heterocycles. The van der Waals surface area contributed by atoms with Crippen molar-refractivity contribution in [1.82, 2.24) is 20.8 Å². The maximum Gasteiger partial charge on any atom is 0.251 e. The highest BCUT2D eigenvalue weighted by Gasteiger charge is 2.31. The van der Waals surface area contributed by atoms with Crippen molar-refractivity contribution in [1.29, 1.82) is 0 Å². The zero-order valence-corrected chi connectivity index (χ0v) is 23.6. The van der Waals surface area contributed by atoms with Crippen LogP contribution in [0.25, 0.3) is 0 Å². The first-order chi connectivity index (χ1) is 17.9. The van der Waals surface area contributed by atoms with Crippen LogP contribution in [-0.4, -0.2) is 34.1 Å². The maximum absolute atomic E-state index is 12.5. The summed E-state index contributed by atoms with van der Waals surface area (Å²) in [5, 5.41) is 15.1. The predicted octanol–water partition coefficient (Wildman–Crippen LogP) is 6.51. The Hall–Kier alpha value is -2.52. The van der Waals surface area contributed by atoms with Crippen LogP contribution in [0.5, 0.6) is 0 Å². The molecule has 2 aliphatic carbocycles. The molecule has 3 aromatic rings. The highest BCUT2D eigenvalue weighted by Crippen LogP contribution is 2.36. The Kier molecular flexibility index (Phi) is 8.39. The van der Waals surface area contributed by atoms with E-state index in [1.807, 2.05) is 48.5 Å².